The van der Waals surface area contributed by atoms with Crippen LogP contribution in [0, 0.1) is 6.92 Å². The van der Waals surface area contributed by atoms with E-state index in [-0.39, 0.29) is 0 Å². The van der Waals surface area contributed by atoms with Crippen LogP contribution in [0.5, 0.6) is 0 Å². The van der Waals surface area contributed by atoms with Gasteiger partial charge in [0.1, 0.15) is 0 Å². The molecule has 0 radical (unpaired) electrons. The lowest BCUT2D eigenvalue weighted by Crippen LogP contribution is -1.77. The van der Waals surface area contributed by atoms with Gasteiger partial charge in [0, 0.05) is 4.90 Å². The third-order valence-electron chi connectivity index (χ3n) is 2.37. The van der Waals surface area contributed by atoms with Gasteiger partial charge in [-0.3, -0.25) is 0 Å². The van der Waals surface area contributed by atoms with Crippen molar-refractivity contribution in [2.75, 3.05) is 0 Å². The summed E-state index contributed by atoms with van der Waals surface area (Å²) in [5.41, 5.74) is 2.30. The average molecular weight is 261 g/mol. The topological polar surface area (TPSA) is 0 Å². The maximum Gasteiger partial charge on any atom is 0.0544 e. The summed E-state index contributed by atoms with van der Waals surface area (Å²) in [5, 5.41) is 2.75. The summed E-state index contributed by atoms with van der Waals surface area (Å²) in [6, 6.07) is 18.4. The molecule has 2 rings (SSSR count). The van der Waals surface area contributed by atoms with Crippen LogP contribution in [0.1, 0.15) is 11.1 Å². The molecule has 0 fully saturated rings. The molecule has 17 heavy (non-hydrogen) atoms. The van der Waals surface area contributed by atoms with Crippen LogP contribution in [-0.2, 0) is 0 Å². The largest absolute Gasteiger partial charge is 0.0965 e. The predicted octanol–water partition coefficient (Wildman–Crippen LogP) is 5.32. The minimum Gasteiger partial charge on any atom is -0.0965 e. The molecule has 0 nitrogen and oxygen atoms in total. The molecule has 0 spiro atoms. The lowest BCUT2D eigenvalue weighted by Gasteiger charge is -2.00. The first-order chi connectivity index (χ1) is 8.25. The minimum absolute atomic E-state index is 0.777. The molecule has 2 aromatic rings. The first-order valence-corrected chi connectivity index (χ1v) is 6.66. The molecule has 0 heterocycles. The Bertz CT molecular complexity index is 500. The molecule has 86 valence electrons. The summed E-state index contributed by atoms with van der Waals surface area (Å²) >= 11 is 7.88. The molecule has 0 saturated heterocycles. The highest BCUT2D eigenvalue weighted by atomic mass is 35.5. The summed E-state index contributed by atoms with van der Waals surface area (Å²) < 4.78 is 0. The van der Waals surface area contributed by atoms with Crippen LogP contribution < -0.4 is 0 Å². The van der Waals surface area contributed by atoms with E-state index in [2.05, 4.69) is 31.2 Å². The Morgan fingerprint density at radius 2 is 1.65 bits per heavy atom. The Labute approximate surface area is 111 Å². The summed E-state index contributed by atoms with van der Waals surface area (Å²) in [4.78, 5) is 1.19. The van der Waals surface area contributed by atoms with E-state index in [9.17, 15) is 0 Å². The minimum atomic E-state index is 0.777. The van der Waals surface area contributed by atoms with Crippen LogP contribution in [-0.4, -0.2) is 0 Å². The molecule has 0 N–H and O–H groups in total. The van der Waals surface area contributed by atoms with E-state index in [0.717, 1.165) is 10.6 Å². The summed E-state index contributed by atoms with van der Waals surface area (Å²) in [6.07, 6.45) is 0. The number of halogens is 1. The second-order valence-corrected chi connectivity index (χ2v) is 5.11. The molecule has 0 bridgehead atoms. The third-order valence-corrected chi connectivity index (χ3v) is 3.72. The Hall–Kier alpha value is -1.18. The Morgan fingerprint density at radius 1 is 1.00 bits per heavy atom. The standard InChI is InChI=1S/C15H13ClS/c1-12-7-9-13(10-8-12)15(16)11-17-14-5-3-2-4-6-14/h2-11H,1H3/b15-11+. The van der Waals surface area contributed by atoms with Crippen LogP contribution >= 0.6 is 23.4 Å². The van der Waals surface area contributed by atoms with Gasteiger partial charge in [-0.05, 0) is 30.0 Å². The molecule has 0 aliphatic carbocycles. The number of hydrogen-bond donors (Lipinski definition) is 0. The zero-order valence-electron chi connectivity index (χ0n) is 9.56. The maximum absolute atomic E-state index is 6.25. The second-order valence-electron chi connectivity index (χ2n) is 3.76. The number of benzene rings is 2. The van der Waals surface area contributed by atoms with Gasteiger partial charge in [0.2, 0.25) is 0 Å². The summed E-state index contributed by atoms with van der Waals surface area (Å²) in [7, 11) is 0. The van der Waals surface area contributed by atoms with E-state index in [0.29, 0.717) is 0 Å². The van der Waals surface area contributed by atoms with Gasteiger partial charge in [-0.1, -0.05) is 71.4 Å². The molecule has 0 atom stereocenters. The number of aryl methyl sites for hydroxylation is 1. The molecule has 2 heteroatoms. The van der Waals surface area contributed by atoms with Crippen molar-refractivity contribution in [3.8, 4) is 0 Å². The van der Waals surface area contributed by atoms with Gasteiger partial charge in [0.25, 0.3) is 0 Å². The normalized spacial score (nSPS) is 11.5. The average Bonchev–Trinajstić information content (AvgIpc) is 2.38. The molecule has 0 aromatic heterocycles. The number of rotatable bonds is 3. The lowest BCUT2D eigenvalue weighted by molar-refractivity contribution is 1.46. The van der Waals surface area contributed by atoms with Gasteiger partial charge in [-0.15, -0.1) is 0 Å². The van der Waals surface area contributed by atoms with Crippen molar-refractivity contribution in [2.45, 2.75) is 11.8 Å². The van der Waals surface area contributed by atoms with Gasteiger partial charge in [-0.2, -0.15) is 0 Å². The van der Waals surface area contributed by atoms with Crippen LogP contribution in [0.15, 0.2) is 64.9 Å². The van der Waals surface area contributed by atoms with Crippen LogP contribution in [0.25, 0.3) is 5.03 Å². The van der Waals surface area contributed by atoms with E-state index in [1.165, 1.54) is 10.5 Å². The van der Waals surface area contributed by atoms with Gasteiger partial charge in [0.05, 0.1) is 5.03 Å². The quantitative estimate of drug-likeness (QED) is 0.673. The van der Waals surface area contributed by atoms with Crippen molar-refractivity contribution in [3.05, 3.63) is 71.1 Å². The fraction of sp³-hybridized carbons (Fsp3) is 0.0667. The molecule has 0 saturated carbocycles. The zero-order chi connectivity index (χ0) is 12.1. The SMILES string of the molecule is Cc1ccc(/C(Cl)=C\Sc2ccccc2)cc1. The molecule has 0 amide bonds. The fourth-order valence-corrected chi connectivity index (χ4v) is 2.35. The lowest BCUT2D eigenvalue weighted by atomic mass is 10.1. The van der Waals surface area contributed by atoms with Crippen molar-refractivity contribution >= 4 is 28.4 Å². The summed E-state index contributed by atoms with van der Waals surface area (Å²) in [5.74, 6) is 0. The van der Waals surface area contributed by atoms with Crippen molar-refractivity contribution in [2.24, 2.45) is 0 Å². The first kappa shape index (κ1) is 12.3. The van der Waals surface area contributed by atoms with Gasteiger partial charge < -0.3 is 0 Å². The number of thioether (sulfide) groups is 1. The van der Waals surface area contributed by atoms with Crippen LogP contribution in [0.4, 0.5) is 0 Å². The zero-order valence-corrected chi connectivity index (χ0v) is 11.1. The van der Waals surface area contributed by atoms with E-state index in [4.69, 9.17) is 11.6 Å². The highest BCUT2D eigenvalue weighted by Gasteiger charge is 1.97. The van der Waals surface area contributed by atoms with Crippen LogP contribution in [0.2, 0.25) is 0 Å². The second kappa shape index (κ2) is 5.95. The van der Waals surface area contributed by atoms with Gasteiger partial charge in [-0.25, -0.2) is 0 Å². The summed E-state index contributed by atoms with van der Waals surface area (Å²) in [6.45, 7) is 2.07. The van der Waals surface area contributed by atoms with Gasteiger partial charge in [0.15, 0.2) is 0 Å². The molecule has 0 aliphatic rings. The van der Waals surface area contributed by atoms with Gasteiger partial charge >= 0.3 is 0 Å². The fourth-order valence-electron chi connectivity index (χ4n) is 1.40. The Kier molecular flexibility index (Phi) is 4.29. The highest BCUT2D eigenvalue weighted by molar-refractivity contribution is 8.02. The molecule has 0 aliphatic heterocycles. The van der Waals surface area contributed by atoms with E-state index in [1.54, 1.807) is 11.8 Å². The van der Waals surface area contributed by atoms with E-state index in [1.807, 2.05) is 35.7 Å². The monoisotopic (exact) mass is 260 g/mol. The third kappa shape index (κ3) is 3.65. The molecule has 0 unspecified atom stereocenters. The predicted molar refractivity (Wildman–Crippen MR) is 77.3 cm³/mol. The van der Waals surface area contributed by atoms with Crippen molar-refractivity contribution < 1.29 is 0 Å². The maximum atomic E-state index is 6.25. The molecular weight excluding hydrogens is 248 g/mol. The number of hydrogen-bond acceptors (Lipinski definition) is 1. The molecule has 2 aromatic carbocycles. The van der Waals surface area contributed by atoms with Crippen LogP contribution in [0.3, 0.4) is 0 Å². The van der Waals surface area contributed by atoms with E-state index < -0.39 is 0 Å². The first-order valence-electron chi connectivity index (χ1n) is 5.40. The smallest absolute Gasteiger partial charge is 0.0544 e. The highest BCUT2D eigenvalue weighted by Crippen LogP contribution is 2.27. The van der Waals surface area contributed by atoms with Crippen molar-refractivity contribution in [1.82, 2.24) is 0 Å². The van der Waals surface area contributed by atoms with Crippen molar-refractivity contribution in [1.29, 1.82) is 0 Å². The molecular formula is C15H13ClS. The Morgan fingerprint density at radius 3 is 2.29 bits per heavy atom. The van der Waals surface area contributed by atoms with Crippen molar-refractivity contribution in [3.63, 3.8) is 0 Å². The Balaban J connectivity index is 2.10. The van der Waals surface area contributed by atoms with E-state index >= 15 is 0 Å².